The third-order valence-corrected chi connectivity index (χ3v) is 3.32. The highest BCUT2D eigenvalue weighted by atomic mass is 16.7. The number of hydrogen-bond donors (Lipinski definition) is 1. The summed E-state index contributed by atoms with van der Waals surface area (Å²) >= 11 is 0. The van der Waals surface area contributed by atoms with Gasteiger partial charge in [-0.2, -0.15) is 0 Å². The summed E-state index contributed by atoms with van der Waals surface area (Å²) in [6.07, 6.45) is 6.22. The van der Waals surface area contributed by atoms with Crippen LogP contribution in [-0.4, -0.2) is 29.1 Å². The minimum absolute atomic E-state index is 0.254. The summed E-state index contributed by atoms with van der Waals surface area (Å²) in [5.41, 5.74) is 2.00. The molecule has 0 amide bonds. The van der Waals surface area contributed by atoms with Crippen LogP contribution in [0.2, 0.25) is 0 Å². The first kappa shape index (κ1) is 10.7. The lowest BCUT2D eigenvalue weighted by molar-refractivity contribution is -0.159. The van der Waals surface area contributed by atoms with Crippen molar-refractivity contribution in [3.05, 3.63) is 30.1 Å². The van der Waals surface area contributed by atoms with E-state index in [9.17, 15) is 5.11 Å². The van der Waals surface area contributed by atoms with Gasteiger partial charge in [-0.05, 0) is 18.1 Å². The Bertz CT molecular complexity index is 450. The number of ether oxygens (including phenoxy) is 2. The van der Waals surface area contributed by atoms with Crippen molar-refractivity contribution in [2.75, 3.05) is 13.2 Å². The fourth-order valence-corrected chi connectivity index (χ4v) is 2.39. The average molecular weight is 233 g/mol. The van der Waals surface area contributed by atoms with Crippen molar-refractivity contribution in [2.45, 2.75) is 25.0 Å². The Balaban J connectivity index is 1.80. The van der Waals surface area contributed by atoms with Gasteiger partial charge in [0, 0.05) is 25.1 Å². The average Bonchev–Trinajstić information content (AvgIpc) is 2.79. The van der Waals surface area contributed by atoms with Gasteiger partial charge in [0.15, 0.2) is 5.79 Å². The van der Waals surface area contributed by atoms with Crippen molar-refractivity contribution in [2.24, 2.45) is 0 Å². The maximum Gasteiger partial charge on any atom is 0.172 e. The zero-order valence-corrected chi connectivity index (χ0v) is 9.56. The van der Waals surface area contributed by atoms with Crippen LogP contribution in [0.4, 0.5) is 0 Å². The molecule has 0 aromatic carbocycles. The highest BCUT2D eigenvalue weighted by molar-refractivity contribution is 5.64. The number of aromatic hydroxyl groups is 1. The van der Waals surface area contributed by atoms with Gasteiger partial charge >= 0.3 is 0 Å². The Kier molecular flexibility index (Phi) is 2.61. The Labute approximate surface area is 99.9 Å². The number of pyridine rings is 1. The van der Waals surface area contributed by atoms with E-state index in [4.69, 9.17) is 9.47 Å². The van der Waals surface area contributed by atoms with Crippen molar-refractivity contribution >= 4 is 5.57 Å². The van der Waals surface area contributed by atoms with Gasteiger partial charge in [-0.1, -0.05) is 6.08 Å². The molecule has 4 heteroatoms. The predicted octanol–water partition coefficient (Wildman–Crippen LogP) is 2.10. The van der Waals surface area contributed by atoms with E-state index in [0.717, 1.165) is 30.5 Å². The SMILES string of the molecule is Oc1ccnc(C2=CCC3(CC2)OCCO3)c1. The highest BCUT2D eigenvalue weighted by Crippen LogP contribution is 2.37. The second kappa shape index (κ2) is 4.13. The van der Waals surface area contributed by atoms with Gasteiger partial charge in [-0.15, -0.1) is 0 Å². The van der Waals surface area contributed by atoms with Crippen LogP contribution in [0.3, 0.4) is 0 Å². The zero-order chi connectivity index (χ0) is 11.7. The minimum Gasteiger partial charge on any atom is -0.508 e. The molecule has 1 aliphatic heterocycles. The van der Waals surface area contributed by atoms with Crippen LogP contribution in [0.25, 0.3) is 5.57 Å². The molecule has 1 aromatic heterocycles. The standard InChI is InChI=1S/C13H15NO3/c15-11-3-6-14-12(9-11)10-1-4-13(5-2-10)16-7-8-17-13/h1,3,6,9H,2,4-5,7-8H2,(H,14,15). The monoisotopic (exact) mass is 233 g/mol. The van der Waals surface area contributed by atoms with Crippen molar-refractivity contribution in [3.8, 4) is 5.75 Å². The largest absolute Gasteiger partial charge is 0.508 e. The molecule has 0 saturated carbocycles. The van der Waals surface area contributed by atoms with Crippen molar-refractivity contribution < 1.29 is 14.6 Å². The number of allylic oxidation sites excluding steroid dienone is 1. The Hall–Kier alpha value is -1.39. The molecule has 3 rings (SSSR count). The molecule has 0 unspecified atom stereocenters. The summed E-state index contributed by atoms with van der Waals surface area (Å²) in [5.74, 6) is -0.134. The third-order valence-electron chi connectivity index (χ3n) is 3.32. The molecule has 1 N–H and O–H groups in total. The predicted molar refractivity (Wildman–Crippen MR) is 62.4 cm³/mol. The molecule has 1 fully saturated rings. The van der Waals surface area contributed by atoms with E-state index in [1.54, 1.807) is 18.3 Å². The number of hydrogen-bond acceptors (Lipinski definition) is 4. The van der Waals surface area contributed by atoms with Crippen molar-refractivity contribution in [3.63, 3.8) is 0 Å². The molecule has 0 bridgehead atoms. The molecule has 0 radical (unpaired) electrons. The van der Waals surface area contributed by atoms with E-state index in [1.807, 2.05) is 0 Å². The maximum atomic E-state index is 9.43. The molecule has 1 spiro atoms. The van der Waals surface area contributed by atoms with E-state index in [0.29, 0.717) is 13.2 Å². The second-order valence-corrected chi connectivity index (χ2v) is 4.44. The molecule has 4 nitrogen and oxygen atoms in total. The van der Waals surface area contributed by atoms with E-state index in [1.165, 1.54) is 0 Å². The molecule has 2 aliphatic rings. The Morgan fingerprint density at radius 1 is 1.29 bits per heavy atom. The van der Waals surface area contributed by atoms with Gasteiger partial charge < -0.3 is 14.6 Å². The quantitative estimate of drug-likeness (QED) is 0.807. The van der Waals surface area contributed by atoms with Crippen LogP contribution in [0.1, 0.15) is 25.0 Å². The van der Waals surface area contributed by atoms with E-state index in [-0.39, 0.29) is 11.5 Å². The van der Waals surface area contributed by atoms with Crippen molar-refractivity contribution in [1.82, 2.24) is 4.98 Å². The molecule has 0 atom stereocenters. The van der Waals surface area contributed by atoms with Gasteiger partial charge in [0.05, 0.1) is 18.9 Å². The van der Waals surface area contributed by atoms with Crippen LogP contribution < -0.4 is 0 Å². The van der Waals surface area contributed by atoms with Crippen LogP contribution in [0.5, 0.6) is 5.75 Å². The minimum atomic E-state index is -0.389. The molecule has 1 aliphatic carbocycles. The van der Waals surface area contributed by atoms with Crippen LogP contribution >= 0.6 is 0 Å². The van der Waals surface area contributed by atoms with Crippen molar-refractivity contribution in [1.29, 1.82) is 0 Å². The third kappa shape index (κ3) is 2.06. The molecule has 1 saturated heterocycles. The molecule has 2 heterocycles. The number of rotatable bonds is 1. The van der Waals surface area contributed by atoms with Gasteiger partial charge in [0.1, 0.15) is 5.75 Å². The first-order chi connectivity index (χ1) is 8.27. The topological polar surface area (TPSA) is 51.6 Å². The van der Waals surface area contributed by atoms with E-state index < -0.39 is 0 Å². The van der Waals surface area contributed by atoms with Gasteiger partial charge in [-0.3, -0.25) is 4.98 Å². The van der Waals surface area contributed by atoms with Crippen LogP contribution in [-0.2, 0) is 9.47 Å². The van der Waals surface area contributed by atoms with Gasteiger partial charge in [0.25, 0.3) is 0 Å². The first-order valence-electron chi connectivity index (χ1n) is 5.90. The summed E-state index contributed by atoms with van der Waals surface area (Å²) in [6, 6.07) is 3.28. The second-order valence-electron chi connectivity index (χ2n) is 4.44. The van der Waals surface area contributed by atoms with Crippen LogP contribution in [0.15, 0.2) is 24.4 Å². The van der Waals surface area contributed by atoms with Crippen LogP contribution in [0, 0.1) is 0 Å². The molecular weight excluding hydrogens is 218 g/mol. The molecule has 90 valence electrons. The Morgan fingerprint density at radius 2 is 2.12 bits per heavy atom. The lowest BCUT2D eigenvalue weighted by Gasteiger charge is -2.30. The number of aromatic nitrogens is 1. The zero-order valence-electron chi connectivity index (χ0n) is 9.56. The van der Waals surface area contributed by atoms with Gasteiger partial charge in [0.2, 0.25) is 0 Å². The summed E-state index contributed by atoms with van der Waals surface area (Å²) in [5, 5.41) is 9.43. The molecular formula is C13H15NO3. The van der Waals surface area contributed by atoms with E-state index >= 15 is 0 Å². The maximum absolute atomic E-state index is 9.43. The first-order valence-corrected chi connectivity index (χ1v) is 5.90. The summed E-state index contributed by atoms with van der Waals surface area (Å²) in [6.45, 7) is 1.38. The number of nitrogens with zero attached hydrogens (tertiary/aromatic N) is 1. The normalized spacial score (nSPS) is 22.7. The summed E-state index contributed by atoms with van der Waals surface area (Å²) in [4.78, 5) is 4.27. The lowest BCUT2D eigenvalue weighted by atomic mass is 9.92. The Morgan fingerprint density at radius 3 is 2.76 bits per heavy atom. The fourth-order valence-electron chi connectivity index (χ4n) is 2.39. The van der Waals surface area contributed by atoms with E-state index in [2.05, 4.69) is 11.1 Å². The smallest absolute Gasteiger partial charge is 0.172 e. The van der Waals surface area contributed by atoms with Gasteiger partial charge in [-0.25, -0.2) is 0 Å². The molecule has 17 heavy (non-hydrogen) atoms. The lowest BCUT2D eigenvalue weighted by Crippen LogP contribution is -2.31. The molecule has 1 aromatic rings. The summed E-state index contributed by atoms with van der Waals surface area (Å²) in [7, 11) is 0. The summed E-state index contributed by atoms with van der Waals surface area (Å²) < 4.78 is 11.3. The fraction of sp³-hybridized carbons (Fsp3) is 0.462. The highest BCUT2D eigenvalue weighted by Gasteiger charge is 2.37.